The van der Waals surface area contributed by atoms with E-state index in [0.717, 1.165) is 11.5 Å². The fourth-order valence-electron chi connectivity index (χ4n) is 3.40. The third kappa shape index (κ3) is 3.62. The second-order valence-electron chi connectivity index (χ2n) is 6.37. The monoisotopic (exact) mass is 348 g/mol. The van der Waals surface area contributed by atoms with Gasteiger partial charge in [0.1, 0.15) is 12.5 Å². The van der Waals surface area contributed by atoms with Crippen LogP contribution in [-0.4, -0.2) is 39.3 Å². The number of hydrogen-bond donors (Lipinski definition) is 1. The van der Waals surface area contributed by atoms with Crippen molar-refractivity contribution in [3.63, 3.8) is 0 Å². The molecule has 1 saturated carbocycles. The lowest BCUT2D eigenvalue weighted by atomic mass is 9.94. The van der Waals surface area contributed by atoms with E-state index in [2.05, 4.69) is 21.8 Å². The van der Waals surface area contributed by atoms with Gasteiger partial charge < -0.3 is 9.80 Å². The largest absolute Gasteiger partial charge is 0.358 e. The van der Waals surface area contributed by atoms with Crippen LogP contribution in [0.1, 0.15) is 32.1 Å². The molecule has 6 nitrogen and oxygen atoms in total. The molecule has 0 aromatic heterocycles. The third-order valence-corrected chi connectivity index (χ3v) is 5.72. The Labute approximate surface area is 143 Å². The molecule has 0 atom stereocenters. The summed E-state index contributed by atoms with van der Waals surface area (Å²) in [6.45, 7) is 0.525. The molecular formula is C17H24N4O2S. The first-order chi connectivity index (χ1) is 11.5. The molecule has 1 aliphatic carbocycles. The number of nitrogens with two attached hydrogens (primary N) is 1. The van der Waals surface area contributed by atoms with Crippen LogP contribution < -0.4 is 10.0 Å². The Morgan fingerprint density at radius 1 is 1.17 bits per heavy atom. The van der Waals surface area contributed by atoms with E-state index in [1.165, 1.54) is 32.1 Å². The van der Waals surface area contributed by atoms with Gasteiger partial charge in [0.2, 0.25) is 10.0 Å². The summed E-state index contributed by atoms with van der Waals surface area (Å²) in [6, 6.07) is 7.19. The molecule has 0 amide bonds. The number of sulfonamides is 1. The number of nitrogens with zero attached hydrogens (tertiary/aromatic N) is 3. The maximum Gasteiger partial charge on any atom is 0.238 e. The highest BCUT2D eigenvalue weighted by atomic mass is 32.2. The first kappa shape index (κ1) is 17.0. The first-order valence-corrected chi connectivity index (χ1v) is 9.85. The molecule has 130 valence electrons. The number of hydrogen-bond acceptors (Lipinski definition) is 5. The van der Waals surface area contributed by atoms with E-state index in [9.17, 15) is 8.42 Å². The molecule has 3 rings (SSSR count). The molecule has 7 heteroatoms. The van der Waals surface area contributed by atoms with Crippen LogP contribution in [0.3, 0.4) is 0 Å². The summed E-state index contributed by atoms with van der Waals surface area (Å²) < 4.78 is 22.8. The quantitative estimate of drug-likeness (QED) is 0.905. The van der Waals surface area contributed by atoms with E-state index in [1.54, 1.807) is 24.3 Å². The fraction of sp³-hybridized carbons (Fsp3) is 0.471. The van der Waals surface area contributed by atoms with Crippen LogP contribution in [-0.2, 0) is 10.0 Å². The van der Waals surface area contributed by atoms with Crippen molar-refractivity contribution < 1.29 is 8.42 Å². The molecule has 1 aliphatic heterocycles. The predicted molar refractivity (Wildman–Crippen MR) is 96.4 cm³/mol. The Bertz CT molecular complexity index is 734. The highest BCUT2D eigenvalue weighted by molar-refractivity contribution is 7.89. The zero-order valence-corrected chi connectivity index (χ0v) is 14.7. The number of benzene rings is 1. The van der Waals surface area contributed by atoms with Crippen molar-refractivity contribution in [2.45, 2.75) is 43.0 Å². The van der Waals surface area contributed by atoms with E-state index >= 15 is 0 Å². The Morgan fingerprint density at radius 3 is 2.46 bits per heavy atom. The van der Waals surface area contributed by atoms with Crippen LogP contribution in [0, 0.1) is 0 Å². The van der Waals surface area contributed by atoms with Gasteiger partial charge in [-0.05, 0) is 43.2 Å². The number of aliphatic imine (C=N–C) groups is 1. The molecule has 1 fully saturated rings. The summed E-state index contributed by atoms with van der Waals surface area (Å²) in [5, 5.41) is 5.17. The van der Waals surface area contributed by atoms with E-state index in [4.69, 9.17) is 5.14 Å². The van der Waals surface area contributed by atoms with Crippen LogP contribution in [0.5, 0.6) is 0 Å². The number of primary sulfonamides is 1. The minimum Gasteiger partial charge on any atom is -0.358 e. The van der Waals surface area contributed by atoms with Crippen molar-refractivity contribution in [2.75, 3.05) is 18.6 Å². The highest BCUT2D eigenvalue weighted by Gasteiger charge is 2.24. The van der Waals surface area contributed by atoms with Gasteiger partial charge in [0.25, 0.3) is 0 Å². The molecule has 1 aromatic carbocycles. The zero-order valence-electron chi connectivity index (χ0n) is 13.9. The van der Waals surface area contributed by atoms with Gasteiger partial charge in [0.15, 0.2) is 0 Å². The Morgan fingerprint density at radius 2 is 1.83 bits per heavy atom. The minimum atomic E-state index is -3.67. The van der Waals surface area contributed by atoms with Crippen LogP contribution in [0.25, 0.3) is 0 Å². The summed E-state index contributed by atoms with van der Waals surface area (Å²) in [5.74, 6) is 1.10. The fourth-order valence-corrected chi connectivity index (χ4v) is 3.92. The summed E-state index contributed by atoms with van der Waals surface area (Å²) in [4.78, 5) is 8.89. The molecule has 0 spiro atoms. The van der Waals surface area contributed by atoms with Gasteiger partial charge in [-0.2, -0.15) is 0 Å². The molecule has 1 heterocycles. The van der Waals surface area contributed by atoms with Crippen molar-refractivity contribution in [2.24, 2.45) is 10.1 Å². The molecular weight excluding hydrogens is 324 g/mol. The molecule has 0 bridgehead atoms. The molecule has 1 aromatic rings. The topological polar surface area (TPSA) is 79.0 Å². The average molecular weight is 348 g/mol. The second-order valence-corrected chi connectivity index (χ2v) is 7.93. The SMILES string of the molecule is CN(C1=CC=NCN1c1ccc(S(N)(=O)=O)cc1)C1CCCCC1. The van der Waals surface area contributed by atoms with Crippen molar-refractivity contribution >= 4 is 21.9 Å². The lowest BCUT2D eigenvalue weighted by Crippen LogP contribution is -2.41. The smallest absolute Gasteiger partial charge is 0.238 e. The maximum absolute atomic E-state index is 11.4. The van der Waals surface area contributed by atoms with E-state index < -0.39 is 10.0 Å². The molecule has 0 radical (unpaired) electrons. The van der Waals surface area contributed by atoms with E-state index in [1.807, 2.05) is 12.3 Å². The molecule has 24 heavy (non-hydrogen) atoms. The summed E-state index contributed by atoms with van der Waals surface area (Å²) in [6.07, 6.45) is 10.2. The van der Waals surface area contributed by atoms with Crippen LogP contribution in [0.2, 0.25) is 0 Å². The van der Waals surface area contributed by atoms with Gasteiger partial charge in [0, 0.05) is 25.0 Å². The lowest BCUT2D eigenvalue weighted by molar-refractivity contribution is 0.231. The highest BCUT2D eigenvalue weighted by Crippen LogP contribution is 2.29. The van der Waals surface area contributed by atoms with Gasteiger partial charge >= 0.3 is 0 Å². The lowest BCUT2D eigenvalue weighted by Gasteiger charge is -2.40. The zero-order chi connectivity index (χ0) is 17.2. The van der Waals surface area contributed by atoms with E-state index in [0.29, 0.717) is 12.7 Å². The normalized spacial score (nSPS) is 19.2. The maximum atomic E-state index is 11.4. The summed E-state index contributed by atoms with van der Waals surface area (Å²) in [5.41, 5.74) is 0.910. The van der Waals surface area contributed by atoms with Gasteiger partial charge in [-0.1, -0.05) is 19.3 Å². The van der Waals surface area contributed by atoms with Gasteiger partial charge in [0.05, 0.1) is 4.90 Å². The standard InChI is InChI=1S/C17H24N4O2S/c1-20(14-5-3-2-4-6-14)17-11-12-19-13-21(17)15-7-9-16(10-8-15)24(18,22)23/h7-12,14H,2-6,13H2,1H3,(H2,18,22,23). The van der Waals surface area contributed by atoms with Gasteiger partial charge in [-0.15, -0.1) is 0 Å². The van der Waals surface area contributed by atoms with Gasteiger partial charge in [-0.25, -0.2) is 13.6 Å². The Balaban J connectivity index is 1.83. The molecule has 2 N–H and O–H groups in total. The number of allylic oxidation sites excluding steroid dienone is 1. The first-order valence-electron chi connectivity index (χ1n) is 8.30. The predicted octanol–water partition coefficient (Wildman–Crippen LogP) is 2.29. The third-order valence-electron chi connectivity index (χ3n) is 4.79. The van der Waals surface area contributed by atoms with Crippen molar-refractivity contribution in [1.82, 2.24) is 4.90 Å². The Kier molecular flexibility index (Phi) is 4.91. The summed E-state index contributed by atoms with van der Waals surface area (Å²) >= 11 is 0. The second kappa shape index (κ2) is 6.94. The molecule has 0 saturated heterocycles. The minimum absolute atomic E-state index is 0.123. The molecule has 0 unspecified atom stereocenters. The summed E-state index contributed by atoms with van der Waals surface area (Å²) in [7, 11) is -1.54. The van der Waals surface area contributed by atoms with Crippen LogP contribution in [0.15, 0.2) is 46.1 Å². The van der Waals surface area contributed by atoms with Crippen molar-refractivity contribution in [1.29, 1.82) is 0 Å². The van der Waals surface area contributed by atoms with Crippen molar-refractivity contribution in [3.05, 3.63) is 36.2 Å². The Hall–Kier alpha value is -1.86. The van der Waals surface area contributed by atoms with Gasteiger partial charge in [-0.3, -0.25) is 4.99 Å². The number of anilines is 1. The average Bonchev–Trinajstić information content (AvgIpc) is 2.61. The number of rotatable bonds is 4. The molecule has 2 aliphatic rings. The van der Waals surface area contributed by atoms with Crippen LogP contribution >= 0.6 is 0 Å². The van der Waals surface area contributed by atoms with E-state index in [-0.39, 0.29) is 4.90 Å². The van der Waals surface area contributed by atoms with Crippen LogP contribution in [0.4, 0.5) is 5.69 Å². The van der Waals surface area contributed by atoms with Crippen molar-refractivity contribution in [3.8, 4) is 0 Å².